The van der Waals surface area contributed by atoms with Crippen LogP contribution in [0.4, 0.5) is 4.39 Å². The maximum absolute atomic E-state index is 14.1. The van der Waals surface area contributed by atoms with E-state index in [-0.39, 0.29) is 11.9 Å². The summed E-state index contributed by atoms with van der Waals surface area (Å²) in [5.74, 6) is -0.294. The molecule has 20 heavy (non-hydrogen) atoms. The van der Waals surface area contributed by atoms with Crippen LogP contribution in [-0.2, 0) is 6.54 Å². The van der Waals surface area contributed by atoms with Crippen LogP contribution in [0.5, 0.6) is 0 Å². The molecule has 1 unspecified atom stereocenters. The van der Waals surface area contributed by atoms with Crippen LogP contribution < -0.4 is 5.73 Å². The molecular formula is C15H18ClFN2S. The van der Waals surface area contributed by atoms with E-state index in [1.54, 1.807) is 23.5 Å². The van der Waals surface area contributed by atoms with Gasteiger partial charge in [-0.25, -0.2) is 4.39 Å². The van der Waals surface area contributed by atoms with Gasteiger partial charge < -0.3 is 5.73 Å². The van der Waals surface area contributed by atoms with Crippen LogP contribution in [0, 0.1) is 5.82 Å². The number of hydrogen-bond acceptors (Lipinski definition) is 3. The highest BCUT2D eigenvalue weighted by atomic mass is 35.5. The van der Waals surface area contributed by atoms with Crippen molar-refractivity contribution in [2.45, 2.75) is 19.5 Å². The molecule has 0 aliphatic heterocycles. The van der Waals surface area contributed by atoms with Crippen molar-refractivity contribution >= 4 is 22.9 Å². The predicted molar refractivity (Wildman–Crippen MR) is 83.6 cm³/mol. The van der Waals surface area contributed by atoms with E-state index < -0.39 is 0 Å². The normalized spacial score (nSPS) is 12.8. The molecule has 108 valence electrons. The zero-order valence-electron chi connectivity index (χ0n) is 11.4. The van der Waals surface area contributed by atoms with Crippen LogP contribution in [0.15, 0.2) is 35.7 Å². The Morgan fingerprint density at radius 1 is 1.35 bits per heavy atom. The van der Waals surface area contributed by atoms with Gasteiger partial charge in [-0.2, -0.15) is 0 Å². The summed E-state index contributed by atoms with van der Waals surface area (Å²) in [4.78, 5) is 3.38. The molecule has 0 amide bonds. The van der Waals surface area contributed by atoms with Gasteiger partial charge in [0.15, 0.2) is 0 Å². The van der Waals surface area contributed by atoms with E-state index in [1.165, 1.54) is 10.9 Å². The molecule has 0 bridgehead atoms. The fraction of sp³-hybridized carbons (Fsp3) is 0.333. The third kappa shape index (κ3) is 3.38. The first kappa shape index (κ1) is 15.4. The van der Waals surface area contributed by atoms with Gasteiger partial charge in [0.2, 0.25) is 0 Å². The number of nitrogens with zero attached hydrogens (tertiary/aromatic N) is 1. The molecule has 2 aromatic rings. The predicted octanol–water partition coefficient (Wildman–Crippen LogP) is 4.06. The molecule has 0 radical (unpaired) electrons. The number of hydrogen-bond donors (Lipinski definition) is 1. The maximum atomic E-state index is 14.1. The van der Waals surface area contributed by atoms with Crippen molar-refractivity contribution in [3.8, 4) is 0 Å². The second kappa shape index (κ2) is 7.18. The van der Waals surface area contributed by atoms with Crippen molar-refractivity contribution in [1.29, 1.82) is 0 Å². The van der Waals surface area contributed by atoms with Crippen LogP contribution in [0.2, 0.25) is 5.02 Å². The van der Waals surface area contributed by atoms with E-state index in [1.807, 2.05) is 18.4 Å². The minimum Gasteiger partial charge on any atom is -0.329 e. The Balaban J connectivity index is 2.29. The molecule has 1 aromatic heterocycles. The van der Waals surface area contributed by atoms with Crippen molar-refractivity contribution in [2.24, 2.45) is 5.73 Å². The summed E-state index contributed by atoms with van der Waals surface area (Å²) in [6, 6.07) is 8.63. The molecular weight excluding hydrogens is 295 g/mol. The molecule has 0 spiro atoms. The summed E-state index contributed by atoms with van der Waals surface area (Å²) in [6.45, 7) is 3.91. The molecule has 0 fully saturated rings. The fourth-order valence-electron chi connectivity index (χ4n) is 2.32. The van der Waals surface area contributed by atoms with Gasteiger partial charge in [0.25, 0.3) is 0 Å². The van der Waals surface area contributed by atoms with Gasteiger partial charge in [-0.05, 0) is 30.1 Å². The molecule has 1 aromatic carbocycles. The average Bonchev–Trinajstić information content (AvgIpc) is 2.94. The van der Waals surface area contributed by atoms with Crippen molar-refractivity contribution < 1.29 is 4.39 Å². The zero-order valence-corrected chi connectivity index (χ0v) is 12.9. The van der Waals surface area contributed by atoms with Gasteiger partial charge in [-0.3, -0.25) is 4.90 Å². The third-order valence-electron chi connectivity index (χ3n) is 3.34. The summed E-state index contributed by atoms with van der Waals surface area (Å²) in [7, 11) is 0. The minimum absolute atomic E-state index is 0.212. The molecule has 0 saturated heterocycles. The van der Waals surface area contributed by atoms with Crippen LogP contribution >= 0.6 is 22.9 Å². The van der Waals surface area contributed by atoms with Crippen LogP contribution in [0.1, 0.15) is 23.4 Å². The quantitative estimate of drug-likeness (QED) is 0.871. The Morgan fingerprint density at radius 3 is 2.70 bits per heavy atom. The molecule has 1 heterocycles. The van der Waals surface area contributed by atoms with E-state index in [9.17, 15) is 4.39 Å². The van der Waals surface area contributed by atoms with Crippen LogP contribution in [0.3, 0.4) is 0 Å². The Kier molecular flexibility index (Phi) is 5.54. The summed E-state index contributed by atoms with van der Waals surface area (Å²) in [5, 5.41) is 2.47. The van der Waals surface area contributed by atoms with E-state index in [0.717, 1.165) is 13.1 Å². The Bertz CT molecular complexity index is 525. The molecule has 2 rings (SSSR count). The fourth-order valence-corrected chi connectivity index (χ4v) is 3.34. The van der Waals surface area contributed by atoms with Crippen molar-refractivity contribution in [3.63, 3.8) is 0 Å². The number of halogens is 2. The summed E-state index contributed by atoms with van der Waals surface area (Å²) >= 11 is 7.86. The molecule has 5 heteroatoms. The monoisotopic (exact) mass is 312 g/mol. The molecule has 0 saturated carbocycles. The topological polar surface area (TPSA) is 29.3 Å². The summed E-state index contributed by atoms with van der Waals surface area (Å²) in [5.41, 5.74) is 6.38. The highest BCUT2D eigenvalue weighted by Gasteiger charge is 2.23. The maximum Gasteiger partial charge on any atom is 0.129 e. The summed E-state index contributed by atoms with van der Waals surface area (Å²) < 4.78 is 14.1. The lowest BCUT2D eigenvalue weighted by Crippen LogP contribution is -2.33. The van der Waals surface area contributed by atoms with Gasteiger partial charge in [0, 0.05) is 28.6 Å². The number of rotatable bonds is 6. The Labute approximate surface area is 128 Å². The smallest absolute Gasteiger partial charge is 0.129 e. The lowest BCUT2D eigenvalue weighted by atomic mass is 10.0. The third-order valence-corrected chi connectivity index (χ3v) is 4.53. The molecule has 2 nitrogen and oxygen atoms in total. The Hall–Kier alpha value is -0.940. The first-order chi connectivity index (χ1) is 9.67. The highest BCUT2D eigenvalue weighted by molar-refractivity contribution is 7.09. The van der Waals surface area contributed by atoms with Crippen molar-refractivity contribution in [3.05, 3.63) is 57.0 Å². The molecule has 1 atom stereocenters. The molecule has 2 N–H and O–H groups in total. The van der Waals surface area contributed by atoms with Gasteiger partial charge in [0.1, 0.15) is 5.82 Å². The number of nitrogens with two attached hydrogens (primary N) is 1. The number of benzene rings is 1. The first-order valence-corrected chi connectivity index (χ1v) is 7.83. The van der Waals surface area contributed by atoms with Gasteiger partial charge >= 0.3 is 0 Å². The molecule has 0 aliphatic rings. The second-order valence-corrected chi connectivity index (χ2v) is 5.97. The van der Waals surface area contributed by atoms with E-state index >= 15 is 0 Å². The minimum atomic E-state index is -0.294. The lowest BCUT2D eigenvalue weighted by Gasteiger charge is -2.30. The Morgan fingerprint density at radius 2 is 2.15 bits per heavy atom. The van der Waals surface area contributed by atoms with Gasteiger partial charge in [-0.1, -0.05) is 30.7 Å². The summed E-state index contributed by atoms with van der Waals surface area (Å²) in [6.07, 6.45) is 0. The number of thiophene rings is 1. The van der Waals surface area contributed by atoms with Crippen molar-refractivity contribution in [2.75, 3.05) is 13.1 Å². The van der Waals surface area contributed by atoms with Crippen LogP contribution in [0.25, 0.3) is 0 Å². The zero-order chi connectivity index (χ0) is 14.5. The largest absolute Gasteiger partial charge is 0.329 e. The molecule has 0 aliphatic carbocycles. The van der Waals surface area contributed by atoms with E-state index in [0.29, 0.717) is 17.1 Å². The van der Waals surface area contributed by atoms with E-state index in [2.05, 4.69) is 11.0 Å². The van der Waals surface area contributed by atoms with Crippen molar-refractivity contribution in [1.82, 2.24) is 4.90 Å². The first-order valence-electron chi connectivity index (χ1n) is 6.57. The lowest BCUT2D eigenvalue weighted by molar-refractivity contribution is 0.201. The average molecular weight is 313 g/mol. The van der Waals surface area contributed by atoms with Crippen LogP contribution in [-0.4, -0.2) is 18.0 Å². The van der Waals surface area contributed by atoms with Gasteiger partial charge in [-0.15, -0.1) is 11.3 Å². The van der Waals surface area contributed by atoms with E-state index in [4.69, 9.17) is 17.3 Å². The van der Waals surface area contributed by atoms with Gasteiger partial charge in [0.05, 0.1) is 6.04 Å². The standard InChI is InChI=1S/C15H18ClFN2S/c1-2-19(10-11-5-4-8-20-11)14(9-18)15-12(16)6-3-7-13(15)17/h3-8,14H,2,9-10,18H2,1H3. The number of likely N-dealkylation sites (N-methyl/N-ethyl adjacent to an activating group) is 1. The SMILES string of the molecule is CCN(Cc1cccs1)C(CN)c1c(F)cccc1Cl. The second-order valence-electron chi connectivity index (χ2n) is 4.53. The highest BCUT2D eigenvalue weighted by Crippen LogP contribution is 2.30.